The fourth-order valence-corrected chi connectivity index (χ4v) is 4.71. The molecule has 0 saturated heterocycles. The molecule has 2 aromatic heterocycles. The Morgan fingerprint density at radius 2 is 1.14 bits per heavy atom. The molecule has 0 saturated carbocycles. The molecule has 2 aromatic carbocycles. The maximum Gasteiger partial charge on any atom is 0.204 e. The molecule has 4 rings (SSSR count). The number of oxazole rings is 2. The van der Waals surface area contributed by atoms with Crippen molar-refractivity contribution in [1.29, 1.82) is 0 Å². The maximum atomic E-state index is 12.0. The minimum absolute atomic E-state index is 0.00184. The van der Waals surface area contributed by atoms with Crippen molar-refractivity contribution in [2.75, 3.05) is 11.5 Å². The van der Waals surface area contributed by atoms with Crippen LogP contribution >= 0.6 is 0 Å². The van der Waals surface area contributed by atoms with Crippen molar-refractivity contribution >= 4 is 41.9 Å². The molecule has 0 fully saturated rings. The average molecular weight is 434 g/mol. The van der Waals surface area contributed by atoms with Crippen molar-refractivity contribution in [3.05, 3.63) is 48.2 Å². The summed E-state index contributed by atoms with van der Waals surface area (Å²) in [7, 11) is -6.67. The fourth-order valence-electron chi connectivity index (χ4n) is 2.91. The third-order valence-electron chi connectivity index (χ3n) is 4.59. The first-order chi connectivity index (χ1) is 13.7. The average Bonchev–Trinajstić information content (AvgIpc) is 3.29. The highest BCUT2D eigenvalue weighted by Crippen LogP contribution is 2.24. The van der Waals surface area contributed by atoms with Crippen LogP contribution in [0.5, 0.6) is 0 Å². The van der Waals surface area contributed by atoms with Gasteiger partial charge in [0, 0.05) is 0 Å². The molecule has 0 unspecified atom stereocenters. The third kappa shape index (κ3) is 3.65. The molecular weight excluding hydrogens is 416 g/mol. The van der Waals surface area contributed by atoms with Gasteiger partial charge in [-0.15, -0.1) is 0 Å². The van der Waals surface area contributed by atoms with Crippen molar-refractivity contribution in [3.8, 4) is 0 Å². The van der Waals surface area contributed by atoms with Crippen LogP contribution in [-0.2, 0) is 26.1 Å². The van der Waals surface area contributed by atoms with Gasteiger partial charge < -0.3 is 8.83 Å². The summed E-state index contributed by atoms with van der Waals surface area (Å²) in [5.41, 5.74) is 1.79. The summed E-state index contributed by atoms with van der Waals surface area (Å²) in [6, 6.07) is 9.09. The Hall–Kier alpha value is -2.72. The van der Waals surface area contributed by atoms with Gasteiger partial charge in [0.2, 0.25) is 11.8 Å². The predicted molar refractivity (Wildman–Crippen MR) is 106 cm³/mol. The molecule has 0 spiro atoms. The molecule has 2 heterocycles. The molecule has 0 aliphatic carbocycles. The number of nitrogens with zero attached hydrogens (tertiary/aromatic N) is 2. The zero-order valence-electron chi connectivity index (χ0n) is 15.7. The van der Waals surface area contributed by atoms with Gasteiger partial charge in [0.1, 0.15) is 17.5 Å². The molecular formula is C19H18N2O6S2. The number of aromatic nitrogens is 2. The monoisotopic (exact) mass is 434 g/mol. The van der Waals surface area contributed by atoms with Gasteiger partial charge in [-0.25, -0.2) is 26.8 Å². The molecule has 8 nitrogen and oxygen atoms in total. The van der Waals surface area contributed by atoms with Crippen molar-refractivity contribution in [2.24, 2.45) is 0 Å². The fraction of sp³-hybridized carbons (Fsp3) is 0.263. The first-order valence-electron chi connectivity index (χ1n) is 8.96. The number of sulfone groups is 2. The minimum Gasteiger partial charge on any atom is -0.440 e. The van der Waals surface area contributed by atoms with Crippen molar-refractivity contribution < 1.29 is 25.7 Å². The highest BCUT2D eigenvalue weighted by molar-refractivity contribution is 7.91. The Bertz CT molecular complexity index is 1320. The number of rotatable bonds is 6. The zero-order valence-corrected chi connectivity index (χ0v) is 17.4. The van der Waals surface area contributed by atoms with E-state index in [1.54, 1.807) is 26.0 Å². The van der Waals surface area contributed by atoms with Gasteiger partial charge in [0.15, 0.2) is 30.8 Å². The van der Waals surface area contributed by atoms with Crippen LogP contribution in [0.25, 0.3) is 22.2 Å². The lowest BCUT2D eigenvalue weighted by Crippen LogP contribution is -2.03. The predicted octanol–water partition coefficient (Wildman–Crippen LogP) is 3.15. The standard InChI is InChI=1S/C19H18N2O6S2/c1-3-28(22,23)12-5-7-16-14(9-12)20-18(26-16)11-19-21-15-10-13(29(24,25)4-2)6-8-17(15)27-19/h5-10H,3-4,11H2,1-2H3. The van der Waals surface area contributed by atoms with Gasteiger partial charge in [-0.3, -0.25) is 0 Å². The lowest BCUT2D eigenvalue weighted by Gasteiger charge is -1.99. The van der Waals surface area contributed by atoms with Gasteiger partial charge in [-0.05, 0) is 36.4 Å². The third-order valence-corrected chi connectivity index (χ3v) is 8.05. The summed E-state index contributed by atoms with van der Waals surface area (Å²) in [4.78, 5) is 9.05. The van der Waals surface area contributed by atoms with Crippen LogP contribution < -0.4 is 0 Å². The van der Waals surface area contributed by atoms with Crippen LogP contribution in [0, 0.1) is 0 Å². The Morgan fingerprint density at radius 1 is 0.724 bits per heavy atom. The second kappa shape index (κ2) is 6.96. The van der Waals surface area contributed by atoms with E-state index >= 15 is 0 Å². The Kier molecular flexibility index (Phi) is 4.70. The summed E-state index contributed by atoms with van der Waals surface area (Å²) >= 11 is 0. The molecule has 0 atom stereocenters. The van der Waals surface area contributed by atoms with E-state index in [9.17, 15) is 16.8 Å². The molecule has 152 valence electrons. The molecule has 0 amide bonds. The normalized spacial score (nSPS) is 12.8. The lowest BCUT2D eigenvalue weighted by molar-refractivity contribution is 0.488. The summed E-state index contributed by atoms with van der Waals surface area (Å²) in [6.07, 6.45) is 0.148. The molecule has 0 aliphatic heterocycles. The van der Waals surface area contributed by atoms with Gasteiger partial charge in [0.05, 0.1) is 21.3 Å². The van der Waals surface area contributed by atoms with Crippen molar-refractivity contribution in [1.82, 2.24) is 9.97 Å². The molecule has 4 aromatic rings. The number of hydrogen-bond acceptors (Lipinski definition) is 8. The SMILES string of the molecule is CCS(=O)(=O)c1ccc2oc(Cc3nc4cc(S(=O)(=O)CC)ccc4o3)nc2c1. The quantitative estimate of drug-likeness (QED) is 0.454. The Labute approximate surface area is 167 Å². The Balaban J connectivity index is 1.66. The molecule has 0 bridgehead atoms. The van der Waals surface area contributed by atoms with E-state index in [1.807, 2.05) is 0 Å². The second-order valence-corrected chi connectivity index (χ2v) is 11.0. The molecule has 10 heteroatoms. The number of fused-ring (bicyclic) bond motifs is 2. The highest BCUT2D eigenvalue weighted by atomic mass is 32.2. The van der Waals surface area contributed by atoms with Crippen molar-refractivity contribution in [2.45, 2.75) is 30.1 Å². The zero-order chi connectivity index (χ0) is 20.8. The summed E-state index contributed by atoms with van der Waals surface area (Å²) in [6.45, 7) is 3.16. The minimum atomic E-state index is -3.34. The van der Waals surface area contributed by atoms with Gasteiger partial charge in [0.25, 0.3) is 0 Å². The van der Waals surface area contributed by atoms with Gasteiger partial charge in [-0.2, -0.15) is 0 Å². The van der Waals surface area contributed by atoms with Gasteiger partial charge in [-0.1, -0.05) is 13.8 Å². The summed E-state index contributed by atoms with van der Waals surface area (Å²) in [5, 5.41) is 0. The molecule has 0 N–H and O–H groups in total. The van der Waals surface area contributed by atoms with E-state index in [-0.39, 0.29) is 27.7 Å². The molecule has 29 heavy (non-hydrogen) atoms. The molecule has 0 radical (unpaired) electrons. The first kappa shape index (κ1) is 19.6. The van der Waals surface area contributed by atoms with E-state index in [0.717, 1.165) is 0 Å². The van der Waals surface area contributed by atoms with E-state index < -0.39 is 19.7 Å². The first-order valence-corrected chi connectivity index (χ1v) is 12.3. The summed E-state index contributed by atoms with van der Waals surface area (Å²) < 4.78 is 59.5. The van der Waals surface area contributed by atoms with Crippen LogP contribution in [0.15, 0.2) is 55.0 Å². The van der Waals surface area contributed by atoms with E-state index in [0.29, 0.717) is 34.0 Å². The van der Waals surface area contributed by atoms with Gasteiger partial charge >= 0.3 is 0 Å². The van der Waals surface area contributed by atoms with E-state index in [4.69, 9.17) is 8.83 Å². The van der Waals surface area contributed by atoms with Crippen LogP contribution in [-0.4, -0.2) is 38.3 Å². The summed E-state index contributed by atoms with van der Waals surface area (Å²) in [5.74, 6) is 0.641. The van der Waals surface area contributed by atoms with Crippen LogP contribution in [0.1, 0.15) is 25.6 Å². The van der Waals surface area contributed by atoms with Crippen LogP contribution in [0.3, 0.4) is 0 Å². The molecule has 0 aliphatic rings. The van der Waals surface area contributed by atoms with E-state index in [1.165, 1.54) is 24.3 Å². The van der Waals surface area contributed by atoms with Crippen LogP contribution in [0.2, 0.25) is 0 Å². The van der Waals surface area contributed by atoms with Crippen LogP contribution in [0.4, 0.5) is 0 Å². The number of benzene rings is 2. The largest absolute Gasteiger partial charge is 0.440 e. The Morgan fingerprint density at radius 3 is 1.52 bits per heavy atom. The number of hydrogen-bond donors (Lipinski definition) is 0. The lowest BCUT2D eigenvalue weighted by atomic mass is 10.3. The topological polar surface area (TPSA) is 120 Å². The highest BCUT2D eigenvalue weighted by Gasteiger charge is 2.18. The second-order valence-electron chi connectivity index (χ2n) is 6.46. The van der Waals surface area contributed by atoms with E-state index in [2.05, 4.69) is 9.97 Å². The smallest absolute Gasteiger partial charge is 0.204 e. The van der Waals surface area contributed by atoms with Crippen molar-refractivity contribution in [3.63, 3.8) is 0 Å². The maximum absolute atomic E-state index is 12.0.